The molecule has 0 spiro atoms. The molecule has 10 heteroatoms. The standard InChI is InChI=1S/C46H43BN2O6S/c1-25-19-33-41-34(20-25)49(43-27(3)22-38-45(29(43)5)55-18-10-16-53-38)46-40(30-11-6-7-12-39(30)56-46)47(41)31-23-35-36(51-14-8-13-50-35)24-32(31)48(33)42-26(2)21-37-44(28(42)4)54-17-9-15-52-37/h6-7,11-12,19-24H,8-10,13-18H2,1-5H3. The minimum absolute atomic E-state index is 0.0755. The van der Waals surface area contributed by atoms with Crippen molar-refractivity contribution in [2.24, 2.45) is 0 Å². The van der Waals surface area contributed by atoms with Crippen molar-refractivity contribution < 1.29 is 28.4 Å². The fourth-order valence-electron chi connectivity index (χ4n) is 9.65. The number of hydrogen-bond acceptors (Lipinski definition) is 9. The molecule has 5 aliphatic heterocycles. The number of fused-ring (bicyclic) bond motifs is 9. The highest BCUT2D eigenvalue weighted by atomic mass is 32.1. The summed E-state index contributed by atoms with van der Waals surface area (Å²) in [6, 6.07) is 22.4. The Labute approximate surface area is 331 Å². The van der Waals surface area contributed by atoms with Gasteiger partial charge in [0.05, 0.1) is 56.0 Å². The minimum Gasteiger partial charge on any atom is -0.490 e. The van der Waals surface area contributed by atoms with Gasteiger partial charge in [-0.1, -0.05) is 18.2 Å². The van der Waals surface area contributed by atoms with E-state index >= 15 is 0 Å². The van der Waals surface area contributed by atoms with Gasteiger partial charge in [0.25, 0.3) is 6.71 Å². The summed E-state index contributed by atoms with van der Waals surface area (Å²) in [4.78, 5) is 5.00. The van der Waals surface area contributed by atoms with Crippen LogP contribution in [0, 0.1) is 34.6 Å². The molecule has 0 unspecified atom stereocenters. The maximum Gasteiger partial charge on any atom is 0.254 e. The van der Waals surface area contributed by atoms with Gasteiger partial charge in [-0.3, -0.25) is 0 Å². The fraction of sp³-hybridized carbons (Fsp3) is 0.304. The van der Waals surface area contributed by atoms with E-state index in [4.69, 9.17) is 28.4 Å². The molecular weight excluding hydrogens is 719 g/mol. The number of benzene rings is 5. The lowest BCUT2D eigenvalue weighted by Gasteiger charge is -2.44. The maximum atomic E-state index is 6.47. The molecule has 282 valence electrons. The van der Waals surface area contributed by atoms with Gasteiger partial charge in [-0.25, -0.2) is 0 Å². The molecule has 5 aromatic carbocycles. The first-order chi connectivity index (χ1) is 27.4. The topological polar surface area (TPSA) is 61.9 Å². The fourth-order valence-corrected chi connectivity index (χ4v) is 10.9. The van der Waals surface area contributed by atoms with Crippen molar-refractivity contribution in [2.45, 2.75) is 53.9 Å². The molecule has 0 aliphatic carbocycles. The number of nitrogens with zero attached hydrogens (tertiary/aromatic N) is 2. The Balaban J connectivity index is 1.26. The molecule has 0 radical (unpaired) electrons. The first-order valence-corrected chi connectivity index (χ1v) is 20.7. The summed E-state index contributed by atoms with van der Waals surface area (Å²) < 4.78 is 39.6. The van der Waals surface area contributed by atoms with E-state index in [2.05, 4.69) is 105 Å². The van der Waals surface area contributed by atoms with Crippen LogP contribution < -0.4 is 54.6 Å². The Morgan fingerprint density at radius 2 is 1.07 bits per heavy atom. The molecule has 5 aliphatic rings. The Morgan fingerprint density at radius 1 is 0.536 bits per heavy atom. The van der Waals surface area contributed by atoms with Crippen LogP contribution in [0.3, 0.4) is 0 Å². The summed E-state index contributed by atoms with van der Waals surface area (Å²) in [5.41, 5.74) is 14.9. The number of anilines is 6. The zero-order valence-electron chi connectivity index (χ0n) is 32.5. The van der Waals surface area contributed by atoms with Crippen LogP contribution in [0.2, 0.25) is 0 Å². The second-order valence-corrected chi connectivity index (χ2v) is 16.7. The molecule has 0 atom stereocenters. The smallest absolute Gasteiger partial charge is 0.254 e. The maximum absolute atomic E-state index is 6.47. The van der Waals surface area contributed by atoms with Crippen LogP contribution in [-0.4, -0.2) is 46.4 Å². The number of aryl methyl sites for hydroxylation is 3. The third-order valence-corrected chi connectivity index (χ3v) is 13.1. The molecule has 56 heavy (non-hydrogen) atoms. The van der Waals surface area contributed by atoms with E-state index < -0.39 is 0 Å². The van der Waals surface area contributed by atoms with Gasteiger partial charge < -0.3 is 38.2 Å². The molecule has 0 saturated heterocycles. The number of rotatable bonds is 2. The first-order valence-electron chi connectivity index (χ1n) is 19.9. The molecule has 8 nitrogen and oxygen atoms in total. The highest BCUT2D eigenvalue weighted by Gasteiger charge is 2.47. The van der Waals surface area contributed by atoms with Gasteiger partial charge in [0, 0.05) is 58.2 Å². The minimum atomic E-state index is -0.0755. The average Bonchev–Trinajstić information content (AvgIpc) is 3.44. The Hall–Kier alpha value is -5.48. The summed E-state index contributed by atoms with van der Waals surface area (Å²) in [6.07, 6.45) is 2.53. The summed E-state index contributed by atoms with van der Waals surface area (Å²) in [5.74, 6) is 4.85. The van der Waals surface area contributed by atoms with Gasteiger partial charge in [0.1, 0.15) is 0 Å². The first kappa shape index (κ1) is 33.8. The lowest BCUT2D eigenvalue weighted by molar-refractivity contribution is 0.296. The van der Waals surface area contributed by atoms with Gasteiger partial charge in [-0.2, -0.15) is 0 Å². The van der Waals surface area contributed by atoms with Crippen LogP contribution in [-0.2, 0) is 0 Å². The normalized spacial score (nSPS) is 16.4. The zero-order chi connectivity index (χ0) is 37.8. The van der Waals surface area contributed by atoms with E-state index in [1.165, 1.54) is 37.0 Å². The summed E-state index contributed by atoms with van der Waals surface area (Å²) in [6.45, 7) is 14.7. The molecule has 0 bridgehead atoms. The Morgan fingerprint density at radius 3 is 1.71 bits per heavy atom. The molecule has 6 heterocycles. The quantitative estimate of drug-likeness (QED) is 0.162. The van der Waals surface area contributed by atoms with E-state index in [9.17, 15) is 0 Å². The average molecular weight is 763 g/mol. The predicted octanol–water partition coefficient (Wildman–Crippen LogP) is 9.01. The van der Waals surface area contributed by atoms with Crippen molar-refractivity contribution in [3.8, 4) is 34.5 Å². The zero-order valence-corrected chi connectivity index (χ0v) is 33.3. The van der Waals surface area contributed by atoms with E-state index in [0.717, 1.165) is 104 Å². The van der Waals surface area contributed by atoms with Gasteiger partial charge in [0.15, 0.2) is 34.5 Å². The summed E-state index contributed by atoms with van der Waals surface area (Å²) >= 11 is 1.86. The Kier molecular flexibility index (Phi) is 7.72. The molecule has 0 saturated carbocycles. The molecule has 1 aromatic heterocycles. The molecule has 0 fully saturated rings. The Bertz CT molecular complexity index is 2640. The number of hydrogen-bond donors (Lipinski definition) is 0. The van der Waals surface area contributed by atoms with Crippen molar-refractivity contribution in [3.05, 3.63) is 88.5 Å². The van der Waals surface area contributed by atoms with Crippen molar-refractivity contribution in [1.29, 1.82) is 0 Å². The van der Waals surface area contributed by atoms with Gasteiger partial charge in [-0.05, 0) is 109 Å². The lowest BCUT2D eigenvalue weighted by atomic mass is 9.33. The van der Waals surface area contributed by atoms with Crippen LogP contribution >= 0.6 is 11.3 Å². The predicted molar refractivity (Wildman–Crippen MR) is 226 cm³/mol. The molecule has 6 aromatic rings. The highest BCUT2D eigenvalue weighted by Crippen LogP contribution is 2.54. The molecule has 11 rings (SSSR count). The summed E-state index contributed by atoms with van der Waals surface area (Å²) in [7, 11) is 0. The third kappa shape index (κ3) is 4.90. The van der Waals surface area contributed by atoms with E-state index in [1.807, 2.05) is 11.3 Å². The second kappa shape index (κ2) is 12.8. The van der Waals surface area contributed by atoms with Gasteiger partial charge in [0.2, 0.25) is 0 Å². The van der Waals surface area contributed by atoms with Crippen LogP contribution in [0.5, 0.6) is 34.5 Å². The third-order valence-electron chi connectivity index (χ3n) is 11.9. The van der Waals surface area contributed by atoms with Crippen molar-refractivity contribution in [1.82, 2.24) is 0 Å². The van der Waals surface area contributed by atoms with Crippen LogP contribution in [0.4, 0.5) is 33.4 Å². The van der Waals surface area contributed by atoms with E-state index in [1.54, 1.807) is 0 Å². The monoisotopic (exact) mass is 762 g/mol. The van der Waals surface area contributed by atoms with Crippen molar-refractivity contribution >= 4 is 78.0 Å². The van der Waals surface area contributed by atoms with Crippen LogP contribution in [0.1, 0.15) is 47.1 Å². The van der Waals surface area contributed by atoms with E-state index in [0.29, 0.717) is 39.6 Å². The molecular formula is C46H43BN2O6S. The summed E-state index contributed by atoms with van der Waals surface area (Å²) in [5, 5.41) is 2.48. The lowest BCUT2D eigenvalue weighted by Crippen LogP contribution is -2.61. The number of thiophene rings is 1. The molecule has 0 amide bonds. The second-order valence-electron chi connectivity index (χ2n) is 15.6. The SMILES string of the molecule is Cc1cc2c3c(c1)N(c1c(C)cc4c(c1C)OCCCO4)c1sc4ccccc4c1B3c1cc3c(cc1N2c1c(C)cc2c(c1C)OCCCO2)OCCCO3. The largest absolute Gasteiger partial charge is 0.490 e. The molecule has 0 N–H and O–H groups in total. The van der Waals surface area contributed by atoms with Crippen molar-refractivity contribution in [2.75, 3.05) is 49.4 Å². The van der Waals surface area contributed by atoms with E-state index in [-0.39, 0.29) is 6.71 Å². The van der Waals surface area contributed by atoms with Crippen LogP contribution in [0.15, 0.2) is 60.7 Å². The van der Waals surface area contributed by atoms with Crippen molar-refractivity contribution in [3.63, 3.8) is 0 Å². The number of ether oxygens (including phenoxy) is 6. The highest BCUT2D eigenvalue weighted by molar-refractivity contribution is 7.26. The van der Waals surface area contributed by atoms with Gasteiger partial charge >= 0.3 is 0 Å². The van der Waals surface area contributed by atoms with Crippen LogP contribution in [0.25, 0.3) is 10.1 Å². The van der Waals surface area contributed by atoms with Gasteiger partial charge in [-0.15, -0.1) is 11.3 Å².